The van der Waals surface area contributed by atoms with Crippen LogP contribution < -0.4 is 11.4 Å². The topological polar surface area (TPSA) is 52.9 Å². The molecule has 0 spiro atoms. The molecule has 0 aliphatic carbocycles. The quantitative estimate of drug-likeness (QED) is 0.739. The Balaban J connectivity index is 2.82. The van der Waals surface area contributed by atoms with Crippen LogP contribution in [0.2, 0.25) is 0 Å². The minimum Gasteiger partial charge on any atom is -0.329 e. The summed E-state index contributed by atoms with van der Waals surface area (Å²) in [6.45, 7) is 2.96. The highest BCUT2D eigenvalue weighted by atomic mass is 32.1. The van der Waals surface area contributed by atoms with Crippen molar-refractivity contribution < 1.29 is 0 Å². The van der Waals surface area contributed by atoms with Crippen LogP contribution in [0.5, 0.6) is 0 Å². The second kappa shape index (κ2) is 3.75. The van der Waals surface area contributed by atoms with E-state index in [0.717, 1.165) is 16.6 Å². The van der Waals surface area contributed by atoms with Crippen LogP contribution in [0.25, 0.3) is 11.0 Å². The summed E-state index contributed by atoms with van der Waals surface area (Å²) >= 11 is 4.15. The second-order valence-corrected chi connectivity index (χ2v) is 3.93. The van der Waals surface area contributed by atoms with E-state index in [9.17, 15) is 4.79 Å². The van der Waals surface area contributed by atoms with E-state index < -0.39 is 0 Å². The molecule has 5 heteroatoms. The number of benzene rings is 1. The zero-order valence-electron chi connectivity index (χ0n) is 8.47. The van der Waals surface area contributed by atoms with E-state index in [-0.39, 0.29) is 5.69 Å². The largest absolute Gasteiger partial charge is 0.339 e. The molecule has 1 heterocycles. The first kappa shape index (κ1) is 10.3. The number of aryl methyl sites for hydroxylation is 1. The van der Waals surface area contributed by atoms with Crippen LogP contribution in [0.4, 0.5) is 0 Å². The van der Waals surface area contributed by atoms with Crippen molar-refractivity contribution in [3.05, 3.63) is 34.2 Å². The second-order valence-electron chi connectivity index (χ2n) is 3.53. The highest BCUT2D eigenvalue weighted by Gasteiger charge is 2.09. The maximum Gasteiger partial charge on any atom is 0.339 e. The van der Waals surface area contributed by atoms with Gasteiger partial charge in [-0.3, -0.25) is 4.57 Å². The average molecular weight is 223 g/mol. The first-order valence-corrected chi connectivity index (χ1v) is 5.16. The first-order chi connectivity index (χ1) is 7.15. The predicted octanol–water partition coefficient (Wildman–Crippen LogP) is 0.763. The molecule has 0 amide bonds. The molecule has 0 saturated heterocycles. The van der Waals surface area contributed by atoms with Crippen molar-refractivity contribution in [3.8, 4) is 0 Å². The van der Waals surface area contributed by atoms with E-state index in [0.29, 0.717) is 13.1 Å². The van der Waals surface area contributed by atoms with Gasteiger partial charge in [0, 0.05) is 13.1 Å². The Hall–Kier alpha value is -1.20. The van der Waals surface area contributed by atoms with E-state index >= 15 is 0 Å². The molecule has 0 bridgehead atoms. The van der Waals surface area contributed by atoms with E-state index in [2.05, 4.69) is 12.8 Å². The number of rotatable bonds is 2. The Morgan fingerprint density at radius 1 is 1.40 bits per heavy atom. The molecule has 0 fully saturated rings. The maximum atomic E-state index is 11.8. The van der Waals surface area contributed by atoms with Crippen LogP contribution in [-0.2, 0) is 6.54 Å². The van der Waals surface area contributed by atoms with E-state index in [1.165, 1.54) is 3.97 Å². The van der Waals surface area contributed by atoms with Gasteiger partial charge in [0.05, 0.1) is 11.0 Å². The third-order valence-electron chi connectivity index (χ3n) is 2.41. The molecule has 80 valence electrons. The highest BCUT2D eigenvalue weighted by Crippen LogP contribution is 2.15. The number of fused-ring (bicyclic) bond motifs is 1. The minimum absolute atomic E-state index is 0.135. The Morgan fingerprint density at radius 2 is 2.13 bits per heavy atom. The van der Waals surface area contributed by atoms with Crippen LogP contribution in [0.1, 0.15) is 5.56 Å². The molecule has 2 rings (SSSR count). The van der Waals surface area contributed by atoms with Gasteiger partial charge in [0.25, 0.3) is 0 Å². The summed E-state index contributed by atoms with van der Waals surface area (Å²) in [6, 6.07) is 5.83. The smallest absolute Gasteiger partial charge is 0.329 e. The van der Waals surface area contributed by atoms with Gasteiger partial charge in [0.2, 0.25) is 0 Å². The lowest BCUT2D eigenvalue weighted by molar-refractivity contribution is 0.699. The molecule has 0 unspecified atom stereocenters. The lowest BCUT2D eigenvalue weighted by Gasteiger charge is -2.00. The van der Waals surface area contributed by atoms with Crippen molar-refractivity contribution in [3.63, 3.8) is 0 Å². The summed E-state index contributed by atoms with van der Waals surface area (Å²) in [5.41, 5.74) is 8.17. The fourth-order valence-electron chi connectivity index (χ4n) is 1.69. The van der Waals surface area contributed by atoms with Gasteiger partial charge in [-0.05, 0) is 24.6 Å². The molecule has 15 heavy (non-hydrogen) atoms. The number of hydrogen-bond donors (Lipinski definition) is 2. The predicted molar refractivity (Wildman–Crippen MR) is 64.4 cm³/mol. The van der Waals surface area contributed by atoms with Crippen molar-refractivity contribution in [2.45, 2.75) is 13.5 Å². The molecule has 2 N–H and O–H groups in total. The standard InChI is InChI=1S/C10H13N3OS/c1-7-2-3-8-9(6-7)12(5-4-11)10(14)13(8)15/h2-3,6,15H,4-5,11H2,1H3. The number of aromatic nitrogens is 2. The highest BCUT2D eigenvalue weighted by molar-refractivity contribution is 7.78. The summed E-state index contributed by atoms with van der Waals surface area (Å²) in [6.07, 6.45) is 0. The van der Waals surface area contributed by atoms with Gasteiger partial charge in [0.15, 0.2) is 0 Å². The number of nitrogens with two attached hydrogens (primary N) is 1. The molecule has 2 aromatic rings. The van der Waals surface area contributed by atoms with Gasteiger partial charge < -0.3 is 5.73 Å². The maximum absolute atomic E-state index is 11.8. The van der Waals surface area contributed by atoms with E-state index in [4.69, 9.17) is 5.73 Å². The zero-order chi connectivity index (χ0) is 11.0. The molecule has 0 radical (unpaired) electrons. The van der Waals surface area contributed by atoms with Crippen LogP contribution in [0.15, 0.2) is 23.0 Å². The normalized spacial score (nSPS) is 11.1. The van der Waals surface area contributed by atoms with Crippen LogP contribution >= 0.6 is 12.8 Å². The fourth-order valence-corrected chi connectivity index (χ4v) is 1.97. The van der Waals surface area contributed by atoms with Gasteiger partial charge in [-0.1, -0.05) is 18.9 Å². The Kier molecular flexibility index (Phi) is 2.58. The molecule has 0 aliphatic rings. The number of thiol groups is 1. The molecule has 1 aromatic carbocycles. The summed E-state index contributed by atoms with van der Waals surface area (Å²) in [7, 11) is 0. The van der Waals surface area contributed by atoms with Gasteiger partial charge in [-0.2, -0.15) is 0 Å². The Labute approximate surface area is 92.8 Å². The fraction of sp³-hybridized carbons (Fsp3) is 0.300. The third-order valence-corrected chi connectivity index (χ3v) is 2.80. The molecule has 1 aromatic heterocycles. The SMILES string of the molecule is Cc1ccc2c(c1)n(CCN)c(=O)n2S. The number of nitrogens with zero attached hydrogens (tertiary/aromatic N) is 2. The summed E-state index contributed by atoms with van der Waals surface area (Å²) in [5.74, 6) is 0. The van der Waals surface area contributed by atoms with Crippen molar-refractivity contribution >= 4 is 23.8 Å². The van der Waals surface area contributed by atoms with Crippen molar-refractivity contribution in [1.29, 1.82) is 0 Å². The number of hydrogen-bond acceptors (Lipinski definition) is 3. The molecular formula is C10H13N3OS. The summed E-state index contributed by atoms with van der Waals surface area (Å²) in [4.78, 5) is 11.8. The van der Waals surface area contributed by atoms with E-state index in [1.54, 1.807) is 4.57 Å². The summed E-state index contributed by atoms with van der Waals surface area (Å²) in [5, 5.41) is 0. The van der Waals surface area contributed by atoms with Crippen LogP contribution in [-0.4, -0.2) is 15.1 Å². The van der Waals surface area contributed by atoms with E-state index in [1.807, 2.05) is 25.1 Å². The summed E-state index contributed by atoms with van der Waals surface area (Å²) < 4.78 is 3.00. The van der Waals surface area contributed by atoms with Crippen LogP contribution in [0, 0.1) is 6.92 Å². The molecule has 4 nitrogen and oxygen atoms in total. The minimum atomic E-state index is -0.135. The van der Waals surface area contributed by atoms with Crippen LogP contribution in [0.3, 0.4) is 0 Å². The molecule has 0 atom stereocenters. The van der Waals surface area contributed by atoms with Gasteiger partial charge in [-0.15, -0.1) is 0 Å². The Morgan fingerprint density at radius 3 is 2.80 bits per heavy atom. The Bertz CT molecular complexity index is 556. The van der Waals surface area contributed by atoms with Gasteiger partial charge in [0.1, 0.15) is 0 Å². The van der Waals surface area contributed by atoms with Crippen molar-refractivity contribution in [2.75, 3.05) is 6.54 Å². The lowest BCUT2D eigenvalue weighted by atomic mass is 10.2. The zero-order valence-corrected chi connectivity index (χ0v) is 9.37. The monoisotopic (exact) mass is 223 g/mol. The third kappa shape index (κ3) is 1.57. The first-order valence-electron chi connectivity index (χ1n) is 4.76. The van der Waals surface area contributed by atoms with Crippen molar-refractivity contribution in [2.24, 2.45) is 5.73 Å². The average Bonchev–Trinajstić information content (AvgIpc) is 2.44. The molecule has 0 aliphatic heterocycles. The van der Waals surface area contributed by atoms with Gasteiger partial charge in [-0.25, -0.2) is 8.77 Å². The number of imidazole rings is 1. The molecular weight excluding hydrogens is 210 g/mol. The lowest BCUT2D eigenvalue weighted by Crippen LogP contribution is -2.23. The van der Waals surface area contributed by atoms with Gasteiger partial charge >= 0.3 is 5.69 Å². The molecule has 0 saturated carbocycles. The van der Waals surface area contributed by atoms with Crippen molar-refractivity contribution in [1.82, 2.24) is 8.54 Å².